The summed E-state index contributed by atoms with van der Waals surface area (Å²) in [4.78, 5) is 1.98. The molecule has 92 valence electrons. The first-order chi connectivity index (χ1) is 6.92. The molecule has 0 rings (SSSR count). The Morgan fingerprint density at radius 2 is 1.80 bits per heavy atom. The van der Waals surface area contributed by atoms with Crippen molar-refractivity contribution in [1.82, 2.24) is 10.2 Å². The normalized spacial score (nSPS) is 12.4. The molecule has 0 aromatic heterocycles. The fourth-order valence-corrected chi connectivity index (χ4v) is 0.849. The number of likely N-dealkylation sites (N-methyl/N-ethyl adjacent to an activating group) is 1. The molecular weight excluding hydrogens is 209 g/mol. The minimum atomic E-state index is -4.07. The molecule has 0 aliphatic rings. The third-order valence-corrected chi connectivity index (χ3v) is 1.69. The molecule has 0 atom stereocenters. The highest BCUT2D eigenvalue weighted by Gasteiger charge is 2.25. The zero-order valence-electron chi connectivity index (χ0n) is 9.23. The molecule has 0 aliphatic carbocycles. The molecule has 0 fully saturated rings. The molecule has 6 heteroatoms. The fourth-order valence-electron chi connectivity index (χ4n) is 0.849. The van der Waals surface area contributed by atoms with E-state index in [9.17, 15) is 13.2 Å². The summed E-state index contributed by atoms with van der Waals surface area (Å²) in [5.74, 6) is 0. The summed E-state index contributed by atoms with van der Waals surface area (Å²) in [5.41, 5.74) is 0. The van der Waals surface area contributed by atoms with E-state index in [-0.39, 0.29) is 6.54 Å². The van der Waals surface area contributed by atoms with Gasteiger partial charge in [0.1, 0.15) is 0 Å². The molecule has 0 unspecified atom stereocenters. The van der Waals surface area contributed by atoms with Gasteiger partial charge < -0.3 is 15.0 Å². The first-order valence-corrected chi connectivity index (χ1v) is 4.92. The third kappa shape index (κ3) is 13.7. The van der Waals surface area contributed by atoms with E-state index in [4.69, 9.17) is 4.74 Å². The van der Waals surface area contributed by atoms with Gasteiger partial charge in [-0.1, -0.05) is 0 Å². The molecule has 0 heterocycles. The molecule has 0 saturated heterocycles. The van der Waals surface area contributed by atoms with Crippen LogP contribution in [0.3, 0.4) is 0 Å². The van der Waals surface area contributed by atoms with Crippen LogP contribution in [0.4, 0.5) is 13.2 Å². The van der Waals surface area contributed by atoms with Crippen LogP contribution in [0.15, 0.2) is 0 Å². The van der Waals surface area contributed by atoms with Crippen molar-refractivity contribution in [2.24, 2.45) is 0 Å². The number of rotatable bonds is 8. The van der Waals surface area contributed by atoms with Gasteiger partial charge in [-0.25, -0.2) is 0 Å². The molecule has 1 N–H and O–H groups in total. The Balaban J connectivity index is 3.06. The topological polar surface area (TPSA) is 24.5 Å². The summed E-state index contributed by atoms with van der Waals surface area (Å²) in [6, 6.07) is 0. The van der Waals surface area contributed by atoms with E-state index >= 15 is 0 Å². The van der Waals surface area contributed by atoms with Crippen molar-refractivity contribution in [1.29, 1.82) is 0 Å². The number of nitrogens with zero attached hydrogens (tertiary/aromatic N) is 1. The number of halogens is 3. The van der Waals surface area contributed by atoms with Crippen LogP contribution in [0.1, 0.15) is 6.42 Å². The molecule has 0 spiro atoms. The van der Waals surface area contributed by atoms with Crippen LogP contribution in [0.25, 0.3) is 0 Å². The Morgan fingerprint density at radius 3 is 2.33 bits per heavy atom. The highest BCUT2D eigenvalue weighted by Crippen LogP contribution is 2.17. The zero-order chi connectivity index (χ0) is 11.7. The maximum Gasteiger partial charge on any atom is 0.390 e. The van der Waals surface area contributed by atoms with E-state index in [1.165, 1.54) is 0 Å². The van der Waals surface area contributed by atoms with Gasteiger partial charge in [-0.05, 0) is 14.1 Å². The van der Waals surface area contributed by atoms with Crippen molar-refractivity contribution < 1.29 is 17.9 Å². The summed E-state index contributed by atoms with van der Waals surface area (Å²) in [6.07, 6.45) is -4.86. The van der Waals surface area contributed by atoms with Crippen LogP contribution in [0, 0.1) is 0 Å². The lowest BCUT2D eigenvalue weighted by molar-refractivity contribution is -0.133. The van der Waals surface area contributed by atoms with E-state index in [0.29, 0.717) is 19.8 Å². The first-order valence-electron chi connectivity index (χ1n) is 4.92. The second-order valence-electron chi connectivity index (χ2n) is 3.53. The smallest absolute Gasteiger partial charge is 0.379 e. The molecule has 0 aromatic rings. The maximum absolute atomic E-state index is 11.7. The molecule has 0 saturated carbocycles. The van der Waals surface area contributed by atoms with Gasteiger partial charge in [0.25, 0.3) is 0 Å². The van der Waals surface area contributed by atoms with Crippen LogP contribution >= 0.6 is 0 Å². The first kappa shape index (κ1) is 14.7. The van der Waals surface area contributed by atoms with E-state index in [1.807, 2.05) is 19.0 Å². The zero-order valence-corrected chi connectivity index (χ0v) is 9.23. The van der Waals surface area contributed by atoms with Crippen LogP contribution in [-0.4, -0.2) is 58.0 Å². The Kier molecular flexibility index (Phi) is 7.72. The average molecular weight is 228 g/mol. The number of hydrogen-bond donors (Lipinski definition) is 1. The lowest BCUT2D eigenvalue weighted by Gasteiger charge is -2.10. The maximum atomic E-state index is 11.7. The van der Waals surface area contributed by atoms with Gasteiger partial charge in [0.05, 0.1) is 19.6 Å². The lowest BCUT2D eigenvalue weighted by Crippen LogP contribution is -2.26. The van der Waals surface area contributed by atoms with Gasteiger partial charge in [-0.3, -0.25) is 0 Å². The van der Waals surface area contributed by atoms with Crippen molar-refractivity contribution in [3.8, 4) is 0 Å². The van der Waals surface area contributed by atoms with Crippen molar-refractivity contribution in [2.75, 3.05) is 46.9 Å². The Bertz CT molecular complexity index is 151. The van der Waals surface area contributed by atoms with Gasteiger partial charge in [-0.15, -0.1) is 0 Å². The minimum Gasteiger partial charge on any atom is -0.379 e. The van der Waals surface area contributed by atoms with Gasteiger partial charge in [-0.2, -0.15) is 13.2 Å². The summed E-state index contributed by atoms with van der Waals surface area (Å²) in [6.45, 7) is 2.30. The van der Waals surface area contributed by atoms with E-state index in [1.54, 1.807) is 0 Å². The number of nitrogens with one attached hydrogen (secondary N) is 1. The molecule has 3 nitrogen and oxygen atoms in total. The van der Waals surface area contributed by atoms with Crippen molar-refractivity contribution in [2.45, 2.75) is 12.6 Å². The molecule has 0 bridgehead atoms. The van der Waals surface area contributed by atoms with Crippen LogP contribution in [0.2, 0.25) is 0 Å². The number of hydrogen-bond acceptors (Lipinski definition) is 3. The van der Waals surface area contributed by atoms with E-state index in [0.717, 1.165) is 6.54 Å². The third-order valence-electron chi connectivity index (χ3n) is 1.69. The fraction of sp³-hybridized carbons (Fsp3) is 1.00. The lowest BCUT2D eigenvalue weighted by atomic mass is 10.4. The number of ether oxygens (including phenoxy) is 1. The SMILES string of the molecule is CN(C)CCOCCNCCC(F)(F)F. The molecule has 0 aromatic carbocycles. The molecular formula is C9H19F3N2O. The minimum absolute atomic E-state index is 0.0411. The Hall–Kier alpha value is -0.330. The average Bonchev–Trinajstić information content (AvgIpc) is 2.07. The van der Waals surface area contributed by atoms with Gasteiger partial charge in [0.2, 0.25) is 0 Å². The molecule has 0 aliphatic heterocycles. The summed E-state index contributed by atoms with van der Waals surface area (Å²) in [5, 5.41) is 2.67. The number of alkyl halides is 3. The van der Waals surface area contributed by atoms with Crippen molar-refractivity contribution in [3.63, 3.8) is 0 Å². The van der Waals surface area contributed by atoms with Crippen LogP contribution < -0.4 is 5.32 Å². The standard InChI is InChI=1S/C9H19F3N2O/c1-14(2)6-8-15-7-5-13-4-3-9(10,11)12/h13H,3-8H2,1-2H3. The monoisotopic (exact) mass is 228 g/mol. The van der Waals surface area contributed by atoms with Gasteiger partial charge >= 0.3 is 6.18 Å². The van der Waals surface area contributed by atoms with Crippen molar-refractivity contribution in [3.05, 3.63) is 0 Å². The molecule has 0 radical (unpaired) electrons. The van der Waals surface area contributed by atoms with E-state index in [2.05, 4.69) is 5.32 Å². The highest BCUT2D eigenvalue weighted by molar-refractivity contribution is 4.54. The summed E-state index contributed by atoms with van der Waals surface area (Å²) >= 11 is 0. The van der Waals surface area contributed by atoms with Crippen LogP contribution in [0.5, 0.6) is 0 Å². The van der Waals surface area contributed by atoms with Gasteiger partial charge in [0.15, 0.2) is 0 Å². The highest BCUT2D eigenvalue weighted by atomic mass is 19.4. The second kappa shape index (κ2) is 7.90. The van der Waals surface area contributed by atoms with Crippen molar-refractivity contribution >= 4 is 0 Å². The second-order valence-corrected chi connectivity index (χ2v) is 3.53. The summed E-state index contributed by atoms with van der Waals surface area (Å²) < 4.78 is 40.3. The Labute approximate surface area is 88.6 Å². The predicted octanol–water partition coefficient (Wildman–Crippen LogP) is 1.11. The molecule has 15 heavy (non-hydrogen) atoms. The van der Waals surface area contributed by atoms with Crippen LogP contribution in [-0.2, 0) is 4.74 Å². The predicted molar refractivity (Wildman–Crippen MR) is 52.9 cm³/mol. The van der Waals surface area contributed by atoms with Gasteiger partial charge in [0, 0.05) is 19.6 Å². The largest absolute Gasteiger partial charge is 0.390 e. The quantitative estimate of drug-likeness (QED) is 0.630. The Morgan fingerprint density at radius 1 is 1.13 bits per heavy atom. The van der Waals surface area contributed by atoms with E-state index < -0.39 is 12.6 Å². The summed E-state index contributed by atoms with van der Waals surface area (Å²) in [7, 11) is 3.87. The molecule has 0 amide bonds.